The Bertz CT molecular complexity index is 1070. The highest BCUT2D eigenvalue weighted by molar-refractivity contribution is 7.89. The number of aromatic nitrogens is 4. The predicted octanol–water partition coefficient (Wildman–Crippen LogP) is 2.49. The summed E-state index contributed by atoms with van der Waals surface area (Å²) in [7, 11) is -3.54. The average Bonchev–Trinajstić information content (AvgIpc) is 2.94. The van der Waals surface area contributed by atoms with Gasteiger partial charge in [-0.05, 0) is 31.9 Å². The highest BCUT2D eigenvalue weighted by Crippen LogP contribution is 2.25. The SMILES string of the molecule is Cc1ccc(S(=O)(=O)NCCn2ncc3c(N4CCCCCC4)ncnc32)cc1. The van der Waals surface area contributed by atoms with Gasteiger partial charge >= 0.3 is 0 Å². The Balaban J connectivity index is 1.47. The Morgan fingerprint density at radius 2 is 1.76 bits per heavy atom. The lowest BCUT2D eigenvalue weighted by atomic mass is 10.2. The number of nitrogens with one attached hydrogen (secondary N) is 1. The first-order valence-corrected chi connectivity index (χ1v) is 11.5. The Hall–Kier alpha value is -2.52. The molecule has 4 rings (SSSR count). The minimum absolute atomic E-state index is 0.232. The molecule has 1 aliphatic heterocycles. The van der Waals surface area contributed by atoms with Gasteiger partial charge in [0.1, 0.15) is 12.1 Å². The van der Waals surface area contributed by atoms with Gasteiger partial charge in [0, 0.05) is 19.6 Å². The van der Waals surface area contributed by atoms with E-state index < -0.39 is 10.0 Å². The first-order valence-electron chi connectivity index (χ1n) is 10.0. The van der Waals surface area contributed by atoms with Gasteiger partial charge in [-0.1, -0.05) is 30.5 Å². The van der Waals surface area contributed by atoms with Crippen molar-refractivity contribution < 1.29 is 8.42 Å². The first kappa shape index (κ1) is 19.8. The molecule has 0 bridgehead atoms. The van der Waals surface area contributed by atoms with Crippen LogP contribution in [0.4, 0.5) is 5.82 Å². The molecule has 0 saturated carbocycles. The van der Waals surface area contributed by atoms with Crippen LogP contribution >= 0.6 is 0 Å². The smallest absolute Gasteiger partial charge is 0.240 e. The summed E-state index contributed by atoms with van der Waals surface area (Å²) in [6.45, 7) is 4.54. The first-order chi connectivity index (χ1) is 14.0. The van der Waals surface area contributed by atoms with Crippen LogP contribution in [0.2, 0.25) is 0 Å². The van der Waals surface area contributed by atoms with Gasteiger partial charge in [-0.2, -0.15) is 5.10 Å². The van der Waals surface area contributed by atoms with Crippen LogP contribution in [-0.4, -0.2) is 47.8 Å². The molecule has 0 spiro atoms. The number of benzene rings is 1. The second-order valence-electron chi connectivity index (χ2n) is 7.41. The van der Waals surface area contributed by atoms with Crippen molar-refractivity contribution in [3.63, 3.8) is 0 Å². The van der Waals surface area contributed by atoms with E-state index in [-0.39, 0.29) is 11.4 Å². The maximum atomic E-state index is 12.5. The van der Waals surface area contributed by atoms with Gasteiger partial charge in [-0.3, -0.25) is 0 Å². The second kappa shape index (κ2) is 8.46. The molecule has 0 amide bonds. The lowest BCUT2D eigenvalue weighted by Gasteiger charge is -2.21. The second-order valence-corrected chi connectivity index (χ2v) is 9.18. The Morgan fingerprint density at radius 1 is 1.03 bits per heavy atom. The predicted molar refractivity (Wildman–Crippen MR) is 112 cm³/mol. The van der Waals surface area contributed by atoms with E-state index in [4.69, 9.17) is 0 Å². The highest BCUT2D eigenvalue weighted by Gasteiger charge is 2.18. The fourth-order valence-electron chi connectivity index (χ4n) is 3.67. The van der Waals surface area contributed by atoms with Crippen LogP contribution in [0, 0.1) is 6.92 Å². The molecule has 1 aliphatic rings. The quantitative estimate of drug-likeness (QED) is 0.666. The summed E-state index contributed by atoms with van der Waals surface area (Å²) >= 11 is 0. The molecule has 0 atom stereocenters. The van der Waals surface area contributed by atoms with Crippen molar-refractivity contribution in [2.24, 2.45) is 0 Å². The number of rotatable bonds is 6. The summed E-state index contributed by atoms with van der Waals surface area (Å²) in [5.74, 6) is 0.920. The molecule has 1 N–H and O–H groups in total. The summed E-state index contributed by atoms with van der Waals surface area (Å²) in [4.78, 5) is 11.5. The van der Waals surface area contributed by atoms with Gasteiger partial charge in [0.15, 0.2) is 5.65 Å². The fraction of sp³-hybridized carbons (Fsp3) is 0.450. The van der Waals surface area contributed by atoms with Crippen molar-refractivity contribution in [1.29, 1.82) is 0 Å². The number of aryl methyl sites for hydroxylation is 1. The Morgan fingerprint density at radius 3 is 2.48 bits per heavy atom. The van der Waals surface area contributed by atoms with E-state index in [2.05, 4.69) is 24.7 Å². The highest BCUT2D eigenvalue weighted by atomic mass is 32.2. The average molecular weight is 415 g/mol. The molecule has 154 valence electrons. The van der Waals surface area contributed by atoms with E-state index in [0.717, 1.165) is 35.5 Å². The maximum Gasteiger partial charge on any atom is 0.240 e. The van der Waals surface area contributed by atoms with Crippen LogP contribution in [0.25, 0.3) is 11.0 Å². The number of hydrogen-bond acceptors (Lipinski definition) is 6. The van der Waals surface area contributed by atoms with E-state index >= 15 is 0 Å². The van der Waals surface area contributed by atoms with Crippen LogP contribution < -0.4 is 9.62 Å². The van der Waals surface area contributed by atoms with Crippen molar-refractivity contribution in [1.82, 2.24) is 24.5 Å². The molecule has 29 heavy (non-hydrogen) atoms. The number of anilines is 1. The van der Waals surface area contributed by atoms with Gasteiger partial charge in [0.05, 0.1) is 23.0 Å². The molecule has 2 aromatic heterocycles. The van der Waals surface area contributed by atoms with Crippen molar-refractivity contribution in [2.45, 2.75) is 44.0 Å². The standard InChI is InChI=1S/C20H26N6O2S/c1-16-6-8-17(9-7-16)29(27,28)24-10-13-26-20-18(14-23-26)19(21-15-22-20)25-11-4-2-3-5-12-25/h6-9,14-15,24H,2-5,10-13H2,1H3. The molecule has 3 aromatic rings. The molecule has 1 aromatic carbocycles. The molecular weight excluding hydrogens is 388 g/mol. The van der Waals surface area contributed by atoms with E-state index in [0.29, 0.717) is 6.54 Å². The van der Waals surface area contributed by atoms with Gasteiger partial charge in [0.2, 0.25) is 10.0 Å². The maximum absolute atomic E-state index is 12.5. The van der Waals surface area contributed by atoms with E-state index in [1.807, 2.05) is 6.92 Å². The normalized spacial score (nSPS) is 15.6. The van der Waals surface area contributed by atoms with Crippen molar-refractivity contribution in [3.8, 4) is 0 Å². The van der Waals surface area contributed by atoms with Crippen molar-refractivity contribution >= 4 is 26.9 Å². The Kier molecular flexibility index (Phi) is 5.77. The molecular formula is C20H26N6O2S. The molecule has 1 fully saturated rings. The van der Waals surface area contributed by atoms with Gasteiger partial charge in [-0.15, -0.1) is 0 Å². The fourth-order valence-corrected chi connectivity index (χ4v) is 4.69. The van der Waals surface area contributed by atoms with Crippen molar-refractivity contribution in [2.75, 3.05) is 24.5 Å². The summed E-state index contributed by atoms with van der Waals surface area (Å²) in [6.07, 6.45) is 8.19. The molecule has 9 heteroatoms. The van der Waals surface area contributed by atoms with Gasteiger partial charge in [-0.25, -0.2) is 27.8 Å². The van der Waals surface area contributed by atoms with E-state index in [1.165, 1.54) is 25.7 Å². The summed E-state index contributed by atoms with van der Waals surface area (Å²) in [5, 5.41) is 5.34. The molecule has 0 radical (unpaired) electrons. The van der Waals surface area contributed by atoms with Gasteiger partial charge in [0.25, 0.3) is 0 Å². The van der Waals surface area contributed by atoms with E-state index in [1.54, 1.807) is 41.5 Å². The number of fused-ring (bicyclic) bond motifs is 1. The Labute approximate surface area is 171 Å². The van der Waals surface area contributed by atoms with Crippen LogP contribution in [0.1, 0.15) is 31.2 Å². The lowest BCUT2D eigenvalue weighted by molar-refractivity contribution is 0.564. The minimum atomic E-state index is -3.54. The lowest BCUT2D eigenvalue weighted by Crippen LogP contribution is -2.28. The molecule has 1 saturated heterocycles. The molecule has 0 unspecified atom stereocenters. The summed E-state index contributed by atoms with van der Waals surface area (Å²) in [6, 6.07) is 6.80. The zero-order chi connectivity index (χ0) is 20.3. The van der Waals surface area contributed by atoms with Crippen LogP contribution in [-0.2, 0) is 16.6 Å². The zero-order valence-electron chi connectivity index (χ0n) is 16.6. The van der Waals surface area contributed by atoms with Crippen LogP contribution in [0.5, 0.6) is 0 Å². The summed E-state index contributed by atoms with van der Waals surface area (Å²) < 4.78 is 29.3. The molecule has 0 aliphatic carbocycles. The third-order valence-corrected chi connectivity index (χ3v) is 6.74. The largest absolute Gasteiger partial charge is 0.356 e. The van der Waals surface area contributed by atoms with Gasteiger partial charge < -0.3 is 4.90 Å². The topological polar surface area (TPSA) is 93.0 Å². The zero-order valence-corrected chi connectivity index (χ0v) is 17.4. The van der Waals surface area contributed by atoms with Crippen molar-refractivity contribution in [3.05, 3.63) is 42.4 Å². The number of nitrogens with zero attached hydrogens (tertiary/aromatic N) is 5. The van der Waals surface area contributed by atoms with Crippen LogP contribution in [0.15, 0.2) is 41.7 Å². The third-order valence-electron chi connectivity index (χ3n) is 5.27. The number of sulfonamides is 1. The monoisotopic (exact) mass is 414 g/mol. The van der Waals surface area contributed by atoms with Crippen LogP contribution in [0.3, 0.4) is 0 Å². The summed E-state index contributed by atoms with van der Waals surface area (Å²) in [5.41, 5.74) is 1.75. The van der Waals surface area contributed by atoms with E-state index in [9.17, 15) is 8.42 Å². The molecule has 3 heterocycles. The molecule has 8 nitrogen and oxygen atoms in total. The minimum Gasteiger partial charge on any atom is -0.356 e. The third kappa shape index (κ3) is 4.40. The number of hydrogen-bond donors (Lipinski definition) is 1.